The fourth-order valence-corrected chi connectivity index (χ4v) is 3.55. The second-order valence-corrected chi connectivity index (χ2v) is 7.72. The van der Waals surface area contributed by atoms with Crippen LogP contribution in [0, 0.1) is 19.7 Å². The third kappa shape index (κ3) is 5.51. The smallest absolute Gasteiger partial charge is 0.175 e. The van der Waals surface area contributed by atoms with Crippen LogP contribution in [0.5, 0.6) is 11.5 Å². The minimum absolute atomic E-state index is 0.131. The Kier molecular flexibility index (Phi) is 7.15. The first-order valence-corrected chi connectivity index (χ1v) is 10.4. The molecule has 0 radical (unpaired) electrons. The largest absolute Gasteiger partial charge is 0.490 e. The average Bonchev–Trinajstić information content (AvgIpc) is 2.70. The molecule has 0 heterocycles. The molecule has 1 N–H and O–H groups in total. The second-order valence-electron chi connectivity index (χ2n) is 6.87. The Bertz CT molecular complexity index is 991. The van der Waals surface area contributed by atoms with Crippen LogP contribution in [-0.2, 0) is 13.2 Å². The minimum Gasteiger partial charge on any atom is -0.490 e. The lowest BCUT2D eigenvalue weighted by molar-refractivity contribution is 0.264. The van der Waals surface area contributed by atoms with Gasteiger partial charge in [-0.1, -0.05) is 24.3 Å². The van der Waals surface area contributed by atoms with Gasteiger partial charge in [-0.2, -0.15) is 0 Å². The number of ether oxygens (including phenoxy) is 2. The summed E-state index contributed by atoms with van der Waals surface area (Å²) < 4.78 is 26.4. The molecule has 0 aliphatic heterocycles. The van der Waals surface area contributed by atoms with Crippen molar-refractivity contribution in [1.82, 2.24) is 0 Å². The first kappa shape index (κ1) is 21.2. The molecule has 0 aliphatic carbocycles. The molecular weight excluding hydrogens is 433 g/mol. The van der Waals surface area contributed by atoms with Crippen molar-refractivity contribution in [2.24, 2.45) is 0 Å². The highest BCUT2D eigenvalue weighted by Crippen LogP contribution is 2.38. The van der Waals surface area contributed by atoms with Gasteiger partial charge < -0.3 is 14.8 Å². The van der Waals surface area contributed by atoms with E-state index in [9.17, 15) is 4.39 Å². The Morgan fingerprint density at radius 3 is 2.48 bits per heavy atom. The van der Waals surface area contributed by atoms with Gasteiger partial charge in [0.25, 0.3) is 0 Å². The molecule has 0 unspecified atom stereocenters. The molecule has 0 aromatic heterocycles. The topological polar surface area (TPSA) is 30.5 Å². The van der Waals surface area contributed by atoms with E-state index in [1.54, 1.807) is 18.2 Å². The van der Waals surface area contributed by atoms with E-state index in [0.717, 1.165) is 15.7 Å². The SMILES string of the molecule is CCOc1cc(CNc2ccc(C)c(C)c2)cc(Br)c1OCc1ccccc1F. The maximum absolute atomic E-state index is 13.9. The van der Waals surface area contributed by atoms with Gasteiger partial charge in [0.05, 0.1) is 11.1 Å². The number of hydrogen-bond acceptors (Lipinski definition) is 3. The molecule has 0 saturated heterocycles. The van der Waals surface area contributed by atoms with Crippen molar-refractivity contribution < 1.29 is 13.9 Å². The number of nitrogens with one attached hydrogen (secondary N) is 1. The number of benzene rings is 3. The van der Waals surface area contributed by atoms with Crippen LogP contribution in [0.25, 0.3) is 0 Å². The van der Waals surface area contributed by atoms with Crippen LogP contribution in [0.2, 0.25) is 0 Å². The van der Waals surface area contributed by atoms with E-state index < -0.39 is 0 Å². The van der Waals surface area contributed by atoms with E-state index in [-0.39, 0.29) is 12.4 Å². The Morgan fingerprint density at radius 2 is 1.76 bits per heavy atom. The average molecular weight is 458 g/mol. The number of anilines is 1. The highest BCUT2D eigenvalue weighted by molar-refractivity contribution is 9.10. The van der Waals surface area contributed by atoms with E-state index in [4.69, 9.17) is 9.47 Å². The van der Waals surface area contributed by atoms with Gasteiger partial charge >= 0.3 is 0 Å². The lowest BCUT2D eigenvalue weighted by Gasteiger charge is -2.16. The maximum Gasteiger partial charge on any atom is 0.175 e. The molecule has 29 heavy (non-hydrogen) atoms. The monoisotopic (exact) mass is 457 g/mol. The van der Waals surface area contributed by atoms with E-state index in [1.165, 1.54) is 17.2 Å². The van der Waals surface area contributed by atoms with Crippen molar-refractivity contribution in [3.63, 3.8) is 0 Å². The van der Waals surface area contributed by atoms with Gasteiger partial charge in [-0.15, -0.1) is 0 Å². The Labute approximate surface area is 180 Å². The zero-order chi connectivity index (χ0) is 20.8. The summed E-state index contributed by atoms with van der Waals surface area (Å²) in [5.41, 5.74) is 5.15. The third-order valence-corrected chi connectivity index (χ3v) is 5.29. The molecule has 0 aliphatic rings. The van der Waals surface area contributed by atoms with Crippen LogP contribution in [0.3, 0.4) is 0 Å². The van der Waals surface area contributed by atoms with E-state index in [2.05, 4.69) is 53.3 Å². The summed E-state index contributed by atoms with van der Waals surface area (Å²) in [6, 6.07) is 16.9. The van der Waals surface area contributed by atoms with Gasteiger partial charge in [-0.05, 0) is 83.7 Å². The van der Waals surface area contributed by atoms with Crippen LogP contribution in [-0.4, -0.2) is 6.61 Å². The summed E-state index contributed by atoms with van der Waals surface area (Å²) in [6.45, 7) is 7.42. The number of rotatable bonds is 8. The number of halogens is 2. The summed E-state index contributed by atoms with van der Waals surface area (Å²) in [7, 11) is 0. The quantitative estimate of drug-likeness (QED) is 0.403. The standard InChI is InChI=1S/C24H25BrFNO2/c1-4-28-23-13-18(14-27-20-10-9-16(2)17(3)11-20)12-21(25)24(23)29-15-19-7-5-6-8-22(19)26/h5-13,27H,4,14-15H2,1-3H3. The maximum atomic E-state index is 13.9. The van der Waals surface area contributed by atoms with Crippen molar-refractivity contribution in [1.29, 1.82) is 0 Å². The molecular formula is C24H25BrFNO2. The lowest BCUT2D eigenvalue weighted by Crippen LogP contribution is -2.05. The van der Waals surface area contributed by atoms with Gasteiger partial charge in [-0.3, -0.25) is 0 Å². The molecule has 5 heteroatoms. The van der Waals surface area contributed by atoms with Crippen molar-refractivity contribution in [3.05, 3.63) is 87.1 Å². The zero-order valence-corrected chi connectivity index (χ0v) is 18.5. The van der Waals surface area contributed by atoms with Gasteiger partial charge in [0, 0.05) is 17.8 Å². The van der Waals surface area contributed by atoms with Gasteiger partial charge in [-0.25, -0.2) is 4.39 Å². The van der Waals surface area contributed by atoms with Crippen molar-refractivity contribution in [2.75, 3.05) is 11.9 Å². The minimum atomic E-state index is -0.282. The van der Waals surface area contributed by atoms with Crippen LogP contribution in [0.4, 0.5) is 10.1 Å². The van der Waals surface area contributed by atoms with Crippen molar-refractivity contribution >= 4 is 21.6 Å². The summed E-state index contributed by atoms with van der Waals surface area (Å²) in [6.07, 6.45) is 0. The number of hydrogen-bond donors (Lipinski definition) is 1. The molecule has 3 rings (SSSR count). The molecule has 0 bridgehead atoms. The fourth-order valence-electron chi connectivity index (χ4n) is 2.95. The van der Waals surface area contributed by atoms with Crippen LogP contribution >= 0.6 is 15.9 Å². The molecule has 3 aromatic rings. The lowest BCUT2D eigenvalue weighted by atomic mass is 10.1. The highest BCUT2D eigenvalue weighted by atomic mass is 79.9. The molecule has 0 spiro atoms. The first-order chi connectivity index (χ1) is 14.0. The molecule has 3 aromatic carbocycles. The van der Waals surface area contributed by atoms with Crippen LogP contribution in [0.15, 0.2) is 59.1 Å². The van der Waals surface area contributed by atoms with E-state index in [0.29, 0.717) is 30.2 Å². The molecule has 0 atom stereocenters. The molecule has 3 nitrogen and oxygen atoms in total. The fraction of sp³-hybridized carbons (Fsp3) is 0.250. The van der Waals surface area contributed by atoms with Gasteiger partial charge in [0.2, 0.25) is 0 Å². The van der Waals surface area contributed by atoms with E-state index in [1.807, 2.05) is 19.1 Å². The van der Waals surface area contributed by atoms with Crippen LogP contribution < -0.4 is 14.8 Å². The van der Waals surface area contributed by atoms with Gasteiger partial charge in [0.1, 0.15) is 12.4 Å². The Morgan fingerprint density at radius 1 is 0.966 bits per heavy atom. The van der Waals surface area contributed by atoms with Crippen molar-refractivity contribution in [2.45, 2.75) is 33.9 Å². The molecule has 0 fully saturated rings. The second kappa shape index (κ2) is 9.79. The summed E-state index contributed by atoms with van der Waals surface area (Å²) in [5, 5.41) is 3.44. The molecule has 152 valence electrons. The van der Waals surface area contributed by atoms with E-state index >= 15 is 0 Å². The molecule has 0 amide bonds. The predicted octanol–water partition coefficient (Wildman–Crippen LogP) is 6.79. The normalized spacial score (nSPS) is 10.7. The summed E-state index contributed by atoms with van der Waals surface area (Å²) in [4.78, 5) is 0. The predicted molar refractivity (Wildman–Crippen MR) is 119 cm³/mol. The van der Waals surface area contributed by atoms with Gasteiger partial charge in [0.15, 0.2) is 11.5 Å². The molecule has 0 saturated carbocycles. The summed E-state index contributed by atoms with van der Waals surface area (Å²) >= 11 is 3.58. The number of aryl methyl sites for hydroxylation is 2. The third-order valence-electron chi connectivity index (χ3n) is 4.70. The summed E-state index contributed by atoms with van der Waals surface area (Å²) in [5.74, 6) is 0.927. The first-order valence-electron chi connectivity index (χ1n) is 9.60. The van der Waals surface area contributed by atoms with Crippen LogP contribution in [0.1, 0.15) is 29.2 Å². The highest BCUT2D eigenvalue weighted by Gasteiger charge is 2.14. The van der Waals surface area contributed by atoms with Crippen molar-refractivity contribution in [3.8, 4) is 11.5 Å². The Hall–Kier alpha value is -2.53. The zero-order valence-electron chi connectivity index (χ0n) is 16.9. The Balaban J connectivity index is 1.76.